The van der Waals surface area contributed by atoms with Crippen molar-refractivity contribution in [3.05, 3.63) is 29.8 Å². The summed E-state index contributed by atoms with van der Waals surface area (Å²) in [6.07, 6.45) is 2.50. The molecule has 1 aromatic carbocycles. The number of benzene rings is 1. The van der Waals surface area contributed by atoms with Crippen molar-refractivity contribution < 1.29 is 9.53 Å². The van der Waals surface area contributed by atoms with E-state index in [1.807, 2.05) is 19.1 Å². The number of hydrogen-bond acceptors (Lipinski definition) is 4. The maximum atomic E-state index is 11.9. The molecule has 0 spiro atoms. The number of halogens is 2. The molecule has 0 bridgehead atoms. The maximum absolute atomic E-state index is 11.9. The number of anilines is 1. The highest BCUT2D eigenvalue weighted by atomic mass is 35.5. The van der Waals surface area contributed by atoms with Crippen LogP contribution in [0.1, 0.15) is 31.4 Å². The van der Waals surface area contributed by atoms with Crippen LogP contribution in [0.4, 0.5) is 5.69 Å². The lowest BCUT2D eigenvalue weighted by Crippen LogP contribution is -2.44. The summed E-state index contributed by atoms with van der Waals surface area (Å²) >= 11 is 0. The Bertz CT molecular complexity index is 482. The maximum Gasteiger partial charge on any atom is 0.239 e. The molecule has 1 heterocycles. The molecule has 0 aliphatic carbocycles. The standard InChI is InChI=1S/C16H25N3O2.2ClH/c1-12(18-16(20)15(17)11-21-2)13-6-5-7-14(10-13)19-8-3-4-9-19;;/h5-7,10,12,15H,3-4,8-9,11,17H2,1-2H3,(H,18,20);2*1H. The van der Waals surface area contributed by atoms with Gasteiger partial charge in [-0.2, -0.15) is 0 Å². The highest BCUT2D eigenvalue weighted by molar-refractivity contribution is 5.85. The van der Waals surface area contributed by atoms with Crippen LogP contribution in [0.15, 0.2) is 24.3 Å². The molecule has 7 heteroatoms. The molecular weight excluding hydrogens is 337 g/mol. The molecule has 2 rings (SSSR count). The number of hydrogen-bond donors (Lipinski definition) is 2. The van der Waals surface area contributed by atoms with E-state index < -0.39 is 6.04 Å². The van der Waals surface area contributed by atoms with Crippen LogP contribution >= 0.6 is 24.8 Å². The zero-order valence-electron chi connectivity index (χ0n) is 13.7. The van der Waals surface area contributed by atoms with E-state index in [1.165, 1.54) is 25.6 Å². The molecule has 3 N–H and O–H groups in total. The Morgan fingerprint density at radius 2 is 2.00 bits per heavy atom. The first-order valence-electron chi connectivity index (χ1n) is 7.51. The molecule has 2 atom stereocenters. The Kier molecular flexibility index (Phi) is 10.2. The van der Waals surface area contributed by atoms with Crippen molar-refractivity contribution in [2.24, 2.45) is 5.73 Å². The number of carbonyl (C=O) groups is 1. The van der Waals surface area contributed by atoms with Gasteiger partial charge in [-0.25, -0.2) is 0 Å². The van der Waals surface area contributed by atoms with Gasteiger partial charge in [0, 0.05) is 25.9 Å². The van der Waals surface area contributed by atoms with Gasteiger partial charge >= 0.3 is 0 Å². The molecule has 0 radical (unpaired) electrons. The molecule has 1 saturated heterocycles. The van der Waals surface area contributed by atoms with Crippen LogP contribution in [0.25, 0.3) is 0 Å². The van der Waals surface area contributed by atoms with Gasteiger partial charge in [-0.15, -0.1) is 24.8 Å². The molecule has 5 nitrogen and oxygen atoms in total. The van der Waals surface area contributed by atoms with Gasteiger partial charge in [0.1, 0.15) is 6.04 Å². The number of methoxy groups -OCH3 is 1. The fourth-order valence-corrected chi connectivity index (χ4v) is 2.63. The average Bonchev–Trinajstić information content (AvgIpc) is 3.01. The van der Waals surface area contributed by atoms with Crippen molar-refractivity contribution in [2.75, 3.05) is 31.7 Å². The zero-order valence-corrected chi connectivity index (χ0v) is 15.3. The van der Waals surface area contributed by atoms with Gasteiger partial charge in [0.25, 0.3) is 0 Å². The normalized spacial score (nSPS) is 16.0. The number of nitrogens with zero attached hydrogens (tertiary/aromatic N) is 1. The van der Waals surface area contributed by atoms with Crippen molar-refractivity contribution in [3.8, 4) is 0 Å². The van der Waals surface area contributed by atoms with Gasteiger partial charge in [-0.1, -0.05) is 12.1 Å². The lowest BCUT2D eigenvalue weighted by molar-refractivity contribution is -0.124. The van der Waals surface area contributed by atoms with E-state index >= 15 is 0 Å². The average molecular weight is 364 g/mol. The highest BCUT2D eigenvalue weighted by Crippen LogP contribution is 2.23. The van der Waals surface area contributed by atoms with E-state index in [4.69, 9.17) is 10.5 Å². The minimum atomic E-state index is -0.626. The Balaban J connectivity index is 0.00000242. The fourth-order valence-electron chi connectivity index (χ4n) is 2.63. The minimum Gasteiger partial charge on any atom is -0.383 e. The molecule has 1 fully saturated rings. The second-order valence-electron chi connectivity index (χ2n) is 5.58. The first-order valence-corrected chi connectivity index (χ1v) is 7.51. The molecule has 0 aromatic heterocycles. The number of nitrogens with one attached hydrogen (secondary N) is 1. The van der Waals surface area contributed by atoms with Crippen molar-refractivity contribution in [3.63, 3.8) is 0 Å². The van der Waals surface area contributed by atoms with Crippen molar-refractivity contribution in [1.82, 2.24) is 5.32 Å². The first-order chi connectivity index (χ1) is 10.1. The van der Waals surface area contributed by atoms with Gasteiger partial charge in [0.2, 0.25) is 5.91 Å². The summed E-state index contributed by atoms with van der Waals surface area (Å²) in [5.41, 5.74) is 8.06. The summed E-state index contributed by atoms with van der Waals surface area (Å²) in [5, 5.41) is 2.94. The summed E-state index contributed by atoms with van der Waals surface area (Å²) in [6.45, 7) is 4.43. The Labute approximate surface area is 150 Å². The third kappa shape index (κ3) is 6.18. The van der Waals surface area contributed by atoms with Gasteiger partial charge < -0.3 is 20.7 Å². The van der Waals surface area contributed by atoms with Crippen molar-refractivity contribution in [1.29, 1.82) is 0 Å². The third-order valence-corrected chi connectivity index (χ3v) is 3.88. The minimum absolute atomic E-state index is 0. The van der Waals surface area contributed by atoms with Crippen LogP contribution < -0.4 is 16.0 Å². The predicted molar refractivity (Wildman–Crippen MR) is 98.8 cm³/mol. The monoisotopic (exact) mass is 363 g/mol. The van der Waals surface area contributed by atoms with Crippen LogP contribution in [0, 0.1) is 0 Å². The Morgan fingerprint density at radius 3 is 2.61 bits per heavy atom. The summed E-state index contributed by atoms with van der Waals surface area (Å²) in [5.74, 6) is -0.184. The quantitative estimate of drug-likeness (QED) is 0.813. The fraction of sp³-hybridized carbons (Fsp3) is 0.562. The molecular formula is C16H27Cl2N3O2. The van der Waals surface area contributed by atoms with Crippen LogP contribution in [0.2, 0.25) is 0 Å². The zero-order chi connectivity index (χ0) is 15.2. The van der Waals surface area contributed by atoms with E-state index in [2.05, 4.69) is 22.3 Å². The van der Waals surface area contributed by atoms with Gasteiger partial charge in [0.15, 0.2) is 0 Å². The largest absolute Gasteiger partial charge is 0.383 e. The topological polar surface area (TPSA) is 67.6 Å². The summed E-state index contributed by atoms with van der Waals surface area (Å²) in [7, 11) is 1.54. The van der Waals surface area contributed by atoms with Crippen LogP contribution in [0.3, 0.4) is 0 Å². The number of amides is 1. The highest BCUT2D eigenvalue weighted by Gasteiger charge is 2.18. The molecule has 23 heavy (non-hydrogen) atoms. The van der Waals surface area contributed by atoms with E-state index in [9.17, 15) is 4.79 Å². The second kappa shape index (κ2) is 10.7. The Morgan fingerprint density at radius 1 is 1.35 bits per heavy atom. The van der Waals surface area contributed by atoms with Gasteiger partial charge in [-0.05, 0) is 37.5 Å². The van der Waals surface area contributed by atoms with Crippen molar-refractivity contribution in [2.45, 2.75) is 31.8 Å². The van der Waals surface area contributed by atoms with Crippen LogP contribution in [-0.2, 0) is 9.53 Å². The van der Waals surface area contributed by atoms with E-state index in [1.54, 1.807) is 0 Å². The first kappa shape index (κ1) is 22.0. The van der Waals surface area contributed by atoms with E-state index in [-0.39, 0.29) is 43.4 Å². The molecule has 1 aliphatic rings. The molecule has 1 amide bonds. The lowest BCUT2D eigenvalue weighted by atomic mass is 10.1. The molecule has 1 aromatic rings. The summed E-state index contributed by atoms with van der Waals surface area (Å²) in [4.78, 5) is 14.3. The predicted octanol–water partition coefficient (Wildman–Crippen LogP) is 2.28. The molecule has 1 aliphatic heterocycles. The summed E-state index contributed by atoms with van der Waals surface area (Å²) in [6, 6.07) is 7.66. The number of carbonyl (C=O) groups excluding carboxylic acids is 1. The summed E-state index contributed by atoms with van der Waals surface area (Å²) < 4.78 is 4.91. The molecule has 0 saturated carbocycles. The van der Waals surface area contributed by atoms with Crippen LogP contribution in [-0.4, -0.2) is 38.8 Å². The number of nitrogens with two attached hydrogens (primary N) is 1. The van der Waals surface area contributed by atoms with Crippen molar-refractivity contribution >= 4 is 36.4 Å². The van der Waals surface area contributed by atoms with Crippen LogP contribution in [0.5, 0.6) is 0 Å². The van der Waals surface area contributed by atoms with E-state index in [0.717, 1.165) is 18.7 Å². The molecule has 132 valence electrons. The third-order valence-electron chi connectivity index (χ3n) is 3.88. The SMILES string of the molecule is COCC(N)C(=O)NC(C)c1cccc(N2CCCC2)c1.Cl.Cl. The van der Waals surface area contributed by atoms with E-state index in [0.29, 0.717) is 0 Å². The number of rotatable bonds is 6. The Hall–Kier alpha value is -1.01. The smallest absolute Gasteiger partial charge is 0.239 e. The van der Waals surface area contributed by atoms with Gasteiger partial charge in [-0.3, -0.25) is 4.79 Å². The lowest BCUT2D eigenvalue weighted by Gasteiger charge is -2.21. The molecule has 2 unspecified atom stereocenters. The number of ether oxygens (including phenoxy) is 1. The second-order valence-corrected chi connectivity index (χ2v) is 5.58. The van der Waals surface area contributed by atoms with Gasteiger partial charge in [0.05, 0.1) is 12.6 Å².